The summed E-state index contributed by atoms with van der Waals surface area (Å²) in [6.45, 7) is 5.29. The third-order valence-corrected chi connectivity index (χ3v) is 3.73. The highest BCUT2D eigenvalue weighted by Gasteiger charge is 2.38. The number of nitrogens with zero attached hydrogens (tertiary/aromatic N) is 2. The molecule has 0 aliphatic carbocycles. The molecule has 0 radical (unpaired) electrons. The topological polar surface area (TPSA) is 43.4 Å². The molecule has 1 heterocycles. The minimum atomic E-state index is -0.956. The van der Waals surface area contributed by atoms with Gasteiger partial charge in [0.25, 0.3) is 0 Å². The predicted octanol–water partition coefficient (Wildman–Crippen LogP) is -0.747. The van der Waals surface area contributed by atoms with Crippen LogP contribution in [0.4, 0.5) is 0 Å². The van der Waals surface area contributed by atoms with Gasteiger partial charge in [-0.25, -0.2) is 0 Å². The molecule has 0 aromatic rings. The second-order valence-electron chi connectivity index (χ2n) is 4.67. The fourth-order valence-electron chi connectivity index (χ4n) is 2.19. The second kappa shape index (κ2) is 3.87. The lowest BCUT2D eigenvalue weighted by molar-refractivity contribution is -0.944. The molecule has 1 fully saturated rings. The Bertz CT molecular complexity index is 232. The maximum atomic E-state index is 10.7. The van der Waals surface area contributed by atoms with Crippen molar-refractivity contribution in [3.63, 3.8) is 0 Å². The van der Waals surface area contributed by atoms with E-state index in [-0.39, 0.29) is 12.7 Å². The van der Waals surface area contributed by atoms with Crippen LogP contribution < -0.4 is 5.11 Å². The molecule has 4 nitrogen and oxygen atoms in total. The van der Waals surface area contributed by atoms with Crippen LogP contribution in [0.25, 0.3) is 0 Å². The summed E-state index contributed by atoms with van der Waals surface area (Å²) in [7, 11) is 4.04. The molecule has 0 aromatic carbocycles. The molecule has 14 heavy (non-hydrogen) atoms. The standard InChI is InChI=1S/C10H20N2O2/c1-8-5-6-12(4,7-10(13)14)9(2)11(8)3/h8-9H,5-7H2,1-4H3. The fraction of sp³-hybridized carbons (Fsp3) is 0.900. The number of carbonyl (C=O) groups is 1. The van der Waals surface area contributed by atoms with E-state index < -0.39 is 5.97 Å². The minimum Gasteiger partial charge on any atom is -0.544 e. The van der Waals surface area contributed by atoms with Gasteiger partial charge in [0.05, 0.1) is 19.6 Å². The Hall–Kier alpha value is -0.610. The van der Waals surface area contributed by atoms with Crippen LogP contribution >= 0.6 is 0 Å². The van der Waals surface area contributed by atoms with Crippen LogP contribution in [-0.4, -0.2) is 54.7 Å². The number of quaternary nitrogens is 1. The number of aliphatic carboxylic acids is 1. The van der Waals surface area contributed by atoms with Crippen molar-refractivity contribution in [3.05, 3.63) is 0 Å². The van der Waals surface area contributed by atoms with Crippen LogP contribution in [-0.2, 0) is 4.79 Å². The van der Waals surface area contributed by atoms with E-state index in [1.807, 2.05) is 7.05 Å². The SMILES string of the molecule is CC1CC[N+](C)(CC(=O)[O-])C(C)N1C. The average molecular weight is 200 g/mol. The number of hydrogen-bond donors (Lipinski definition) is 0. The third kappa shape index (κ3) is 2.07. The van der Waals surface area contributed by atoms with Crippen molar-refractivity contribution in [2.75, 3.05) is 27.2 Å². The quantitative estimate of drug-likeness (QED) is 0.551. The van der Waals surface area contributed by atoms with E-state index in [4.69, 9.17) is 0 Å². The van der Waals surface area contributed by atoms with Crippen LogP contribution in [0.15, 0.2) is 0 Å². The molecule has 0 saturated carbocycles. The number of rotatable bonds is 2. The highest BCUT2D eigenvalue weighted by Crippen LogP contribution is 2.23. The Labute approximate surface area is 85.7 Å². The van der Waals surface area contributed by atoms with Crippen LogP contribution in [0.1, 0.15) is 20.3 Å². The van der Waals surface area contributed by atoms with Gasteiger partial charge in [0.1, 0.15) is 12.7 Å². The second-order valence-corrected chi connectivity index (χ2v) is 4.67. The smallest absolute Gasteiger partial charge is 0.142 e. The first-order valence-electron chi connectivity index (χ1n) is 5.13. The van der Waals surface area contributed by atoms with Gasteiger partial charge in [0.2, 0.25) is 0 Å². The van der Waals surface area contributed by atoms with Crippen LogP contribution in [0.2, 0.25) is 0 Å². The summed E-state index contributed by atoms with van der Waals surface area (Å²) in [4.78, 5) is 12.9. The van der Waals surface area contributed by atoms with Crippen molar-refractivity contribution in [2.45, 2.75) is 32.5 Å². The van der Waals surface area contributed by atoms with Crippen molar-refractivity contribution in [1.29, 1.82) is 0 Å². The van der Waals surface area contributed by atoms with E-state index in [0.29, 0.717) is 10.5 Å². The lowest BCUT2D eigenvalue weighted by Crippen LogP contribution is -2.66. The normalized spacial score (nSPS) is 39.7. The maximum Gasteiger partial charge on any atom is 0.142 e. The van der Waals surface area contributed by atoms with E-state index in [9.17, 15) is 9.90 Å². The van der Waals surface area contributed by atoms with E-state index in [0.717, 1.165) is 13.0 Å². The zero-order valence-electron chi connectivity index (χ0n) is 9.49. The van der Waals surface area contributed by atoms with Gasteiger partial charge in [-0.3, -0.25) is 4.90 Å². The molecular weight excluding hydrogens is 180 g/mol. The van der Waals surface area contributed by atoms with Crippen LogP contribution in [0, 0.1) is 0 Å². The monoisotopic (exact) mass is 200 g/mol. The first kappa shape index (κ1) is 11.5. The highest BCUT2D eigenvalue weighted by molar-refractivity contribution is 5.65. The van der Waals surface area contributed by atoms with Crippen molar-refractivity contribution in [1.82, 2.24) is 4.90 Å². The summed E-state index contributed by atoms with van der Waals surface area (Å²) < 4.78 is 0.559. The lowest BCUT2D eigenvalue weighted by Gasteiger charge is -2.50. The van der Waals surface area contributed by atoms with Gasteiger partial charge in [-0.15, -0.1) is 0 Å². The Morgan fingerprint density at radius 1 is 1.57 bits per heavy atom. The Morgan fingerprint density at radius 2 is 2.14 bits per heavy atom. The summed E-state index contributed by atoms with van der Waals surface area (Å²) in [5, 5.41) is 10.7. The molecule has 1 rings (SSSR count). The molecule has 0 aromatic heterocycles. The summed E-state index contributed by atoms with van der Waals surface area (Å²) in [6, 6.07) is 0.540. The van der Waals surface area contributed by atoms with E-state index in [1.54, 1.807) is 0 Å². The largest absolute Gasteiger partial charge is 0.544 e. The zero-order chi connectivity index (χ0) is 10.9. The van der Waals surface area contributed by atoms with Gasteiger partial charge in [0, 0.05) is 19.4 Å². The first-order chi connectivity index (χ1) is 6.37. The molecular formula is C10H20N2O2. The molecule has 0 amide bonds. The van der Waals surface area contributed by atoms with Gasteiger partial charge in [-0.1, -0.05) is 0 Å². The summed E-state index contributed by atoms with van der Waals surface area (Å²) in [5.41, 5.74) is 0. The number of carboxylic acid groups (broad SMARTS) is 1. The first-order valence-corrected chi connectivity index (χ1v) is 5.13. The molecule has 1 aliphatic rings. The van der Waals surface area contributed by atoms with Crippen molar-refractivity contribution in [2.24, 2.45) is 0 Å². The van der Waals surface area contributed by atoms with Crippen LogP contribution in [0.5, 0.6) is 0 Å². The van der Waals surface area contributed by atoms with Gasteiger partial charge < -0.3 is 14.4 Å². The van der Waals surface area contributed by atoms with E-state index in [1.165, 1.54) is 0 Å². The summed E-state index contributed by atoms with van der Waals surface area (Å²) >= 11 is 0. The molecule has 82 valence electrons. The van der Waals surface area contributed by atoms with Gasteiger partial charge in [0.15, 0.2) is 0 Å². The molecule has 1 saturated heterocycles. The molecule has 1 aliphatic heterocycles. The molecule has 0 bridgehead atoms. The van der Waals surface area contributed by atoms with Crippen molar-refractivity contribution >= 4 is 5.97 Å². The number of carboxylic acids is 1. The average Bonchev–Trinajstić information content (AvgIpc) is 2.08. The summed E-state index contributed by atoms with van der Waals surface area (Å²) in [6.07, 6.45) is 1.29. The maximum absolute atomic E-state index is 10.7. The Morgan fingerprint density at radius 3 is 2.64 bits per heavy atom. The van der Waals surface area contributed by atoms with Crippen molar-refractivity contribution < 1.29 is 14.4 Å². The van der Waals surface area contributed by atoms with Gasteiger partial charge in [-0.05, 0) is 14.0 Å². The fourth-order valence-corrected chi connectivity index (χ4v) is 2.19. The number of hydrogen-bond acceptors (Lipinski definition) is 3. The number of carbonyl (C=O) groups excluding carboxylic acids is 1. The predicted molar refractivity (Wildman–Crippen MR) is 52.2 cm³/mol. The van der Waals surface area contributed by atoms with Crippen LogP contribution in [0.3, 0.4) is 0 Å². The minimum absolute atomic E-state index is 0.109. The molecule has 3 unspecified atom stereocenters. The van der Waals surface area contributed by atoms with Gasteiger partial charge in [-0.2, -0.15) is 0 Å². The lowest BCUT2D eigenvalue weighted by atomic mass is 10.1. The molecule has 0 N–H and O–H groups in total. The highest BCUT2D eigenvalue weighted by atomic mass is 16.4. The number of likely N-dealkylation sites (N-methyl/N-ethyl adjacent to an activating group) is 1. The Kier molecular flexibility index (Phi) is 3.17. The molecule has 4 heteroatoms. The zero-order valence-corrected chi connectivity index (χ0v) is 9.49. The molecule has 3 atom stereocenters. The Balaban J connectivity index is 2.74. The molecule has 0 spiro atoms. The van der Waals surface area contributed by atoms with Gasteiger partial charge >= 0.3 is 0 Å². The summed E-state index contributed by atoms with van der Waals surface area (Å²) in [5.74, 6) is -0.956. The van der Waals surface area contributed by atoms with E-state index in [2.05, 4.69) is 25.8 Å². The van der Waals surface area contributed by atoms with Crippen molar-refractivity contribution in [3.8, 4) is 0 Å². The third-order valence-electron chi connectivity index (χ3n) is 3.73. The van der Waals surface area contributed by atoms with E-state index >= 15 is 0 Å².